The van der Waals surface area contributed by atoms with Gasteiger partial charge in [0.1, 0.15) is 6.61 Å². The summed E-state index contributed by atoms with van der Waals surface area (Å²) >= 11 is 0. The fourth-order valence-electron chi connectivity index (χ4n) is 3.02. The Bertz CT molecular complexity index is 1200. The molecule has 4 aromatic rings. The van der Waals surface area contributed by atoms with Gasteiger partial charge in [-0.15, -0.1) is 0 Å². The predicted octanol–water partition coefficient (Wildman–Crippen LogP) is 5.19. The number of rotatable bonds is 7. The number of halogens is 3. The summed E-state index contributed by atoms with van der Waals surface area (Å²) in [5, 5.41) is 3.99. The van der Waals surface area contributed by atoms with Crippen LogP contribution in [0.3, 0.4) is 0 Å². The molecular formula is C22H22F3N5O2. The molecule has 0 aliphatic rings. The number of anilines is 1. The van der Waals surface area contributed by atoms with E-state index < -0.39 is 11.7 Å². The monoisotopic (exact) mass is 445 g/mol. The van der Waals surface area contributed by atoms with Crippen LogP contribution < -0.4 is 4.90 Å². The molecule has 7 nitrogen and oxygen atoms in total. The van der Waals surface area contributed by atoms with Crippen molar-refractivity contribution >= 4 is 17.0 Å². The Balaban J connectivity index is 1.39. The molecule has 0 saturated heterocycles. The van der Waals surface area contributed by atoms with E-state index in [0.29, 0.717) is 17.4 Å². The summed E-state index contributed by atoms with van der Waals surface area (Å²) in [7, 11) is 1.97. The Hall–Kier alpha value is -3.40. The molecule has 0 aliphatic heterocycles. The van der Waals surface area contributed by atoms with Gasteiger partial charge in [-0.25, -0.2) is 4.98 Å². The van der Waals surface area contributed by atoms with E-state index in [0.717, 1.165) is 34.7 Å². The molecule has 0 fully saturated rings. The topological polar surface area (TPSA) is 80.1 Å². The lowest BCUT2D eigenvalue weighted by Crippen LogP contribution is -2.26. The molecule has 0 saturated carbocycles. The second-order valence-electron chi connectivity index (χ2n) is 7.70. The molecule has 1 N–H and O–H groups in total. The molecule has 0 spiro atoms. The van der Waals surface area contributed by atoms with Crippen molar-refractivity contribution < 1.29 is 22.4 Å². The fourth-order valence-corrected chi connectivity index (χ4v) is 3.02. The van der Waals surface area contributed by atoms with Crippen LogP contribution in [0.25, 0.3) is 22.4 Å². The highest BCUT2D eigenvalue weighted by molar-refractivity contribution is 5.82. The number of alkyl halides is 3. The van der Waals surface area contributed by atoms with E-state index in [2.05, 4.69) is 34.0 Å². The number of nitrogens with one attached hydrogen (secondary N) is 1. The molecule has 10 heteroatoms. The minimum Gasteiger partial charge on any atom is -0.367 e. The van der Waals surface area contributed by atoms with E-state index in [9.17, 15) is 13.2 Å². The Morgan fingerprint density at radius 2 is 1.81 bits per heavy atom. The van der Waals surface area contributed by atoms with E-state index in [4.69, 9.17) is 9.26 Å². The molecule has 4 rings (SSSR count). The molecule has 0 aliphatic carbocycles. The Morgan fingerprint density at radius 1 is 1.06 bits per heavy atom. The first-order chi connectivity index (χ1) is 15.2. The van der Waals surface area contributed by atoms with Crippen LogP contribution in [0.15, 0.2) is 47.0 Å². The zero-order valence-corrected chi connectivity index (χ0v) is 17.8. The van der Waals surface area contributed by atoms with Crippen molar-refractivity contribution in [2.75, 3.05) is 11.9 Å². The average Bonchev–Trinajstić information content (AvgIpc) is 3.39. The highest BCUT2D eigenvalue weighted by atomic mass is 19.4. The van der Waals surface area contributed by atoms with Crippen LogP contribution in [-0.2, 0) is 24.1 Å². The number of imidazole rings is 1. The Labute approximate surface area is 182 Å². The summed E-state index contributed by atoms with van der Waals surface area (Å²) in [6.45, 7) is 4.34. The number of aromatic amines is 1. The van der Waals surface area contributed by atoms with Gasteiger partial charge in [0.15, 0.2) is 0 Å². The van der Waals surface area contributed by atoms with Gasteiger partial charge in [-0.1, -0.05) is 17.3 Å². The Morgan fingerprint density at radius 3 is 2.50 bits per heavy atom. The summed E-state index contributed by atoms with van der Waals surface area (Å²) in [5.41, 5.74) is 2.37. The quantitative estimate of drug-likeness (QED) is 0.422. The average molecular weight is 445 g/mol. The highest BCUT2D eigenvalue weighted by Crippen LogP contribution is 2.29. The van der Waals surface area contributed by atoms with Crippen molar-refractivity contribution in [1.82, 2.24) is 20.1 Å². The van der Waals surface area contributed by atoms with Gasteiger partial charge >= 0.3 is 6.18 Å². The maximum absolute atomic E-state index is 12.6. The molecule has 0 radical (unpaired) electrons. The van der Waals surface area contributed by atoms with E-state index in [1.54, 1.807) is 0 Å². The van der Waals surface area contributed by atoms with Gasteiger partial charge in [0, 0.05) is 18.7 Å². The second kappa shape index (κ2) is 8.62. The van der Waals surface area contributed by atoms with Crippen LogP contribution in [0.4, 0.5) is 19.1 Å². The van der Waals surface area contributed by atoms with Gasteiger partial charge in [-0.3, -0.25) is 0 Å². The Kier molecular flexibility index (Phi) is 5.88. The fraction of sp³-hybridized carbons (Fsp3) is 0.318. The minimum atomic E-state index is -4.36. The van der Waals surface area contributed by atoms with Crippen molar-refractivity contribution in [3.05, 3.63) is 59.5 Å². The van der Waals surface area contributed by atoms with E-state index in [1.807, 2.05) is 30.1 Å². The first-order valence-corrected chi connectivity index (χ1v) is 10.00. The summed E-state index contributed by atoms with van der Waals surface area (Å²) in [6, 6.07) is 10.8. The first kappa shape index (κ1) is 21.8. The largest absolute Gasteiger partial charge is 0.416 e. The van der Waals surface area contributed by atoms with Crippen molar-refractivity contribution in [2.24, 2.45) is 0 Å². The predicted molar refractivity (Wildman–Crippen MR) is 113 cm³/mol. The van der Waals surface area contributed by atoms with Crippen molar-refractivity contribution in [3.8, 4) is 11.4 Å². The van der Waals surface area contributed by atoms with Crippen molar-refractivity contribution in [2.45, 2.75) is 39.3 Å². The lowest BCUT2D eigenvalue weighted by molar-refractivity contribution is -0.137. The van der Waals surface area contributed by atoms with Crippen LogP contribution >= 0.6 is 0 Å². The van der Waals surface area contributed by atoms with Crippen LogP contribution in [0.5, 0.6) is 0 Å². The summed E-state index contributed by atoms with van der Waals surface area (Å²) in [6.07, 6.45) is -4.36. The van der Waals surface area contributed by atoms with Crippen LogP contribution in [0.2, 0.25) is 0 Å². The smallest absolute Gasteiger partial charge is 0.367 e. The molecule has 0 atom stereocenters. The van der Waals surface area contributed by atoms with Crippen LogP contribution in [-0.4, -0.2) is 33.2 Å². The molecule has 0 unspecified atom stereocenters. The standard InChI is InChI=1S/C22H22F3N5O2/c1-13(2)30(3)21-26-17-9-6-15(10-18(17)27-21)20-28-19(32-29-20)12-31-11-14-4-7-16(8-5-14)22(23,24)25/h4-10,13H,11-12H2,1-3H3,(H,26,27). The van der Waals surface area contributed by atoms with Gasteiger partial charge in [0.25, 0.3) is 5.89 Å². The summed E-state index contributed by atoms with van der Waals surface area (Å²) < 4.78 is 48.6. The lowest BCUT2D eigenvalue weighted by atomic mass is 10.1. The van der Waals surface area contributed by atoms with Crippen molar-refractivity contribution in [3.63, 3.8) is 0 Å². The SMILES string of the molecule is CC(C)N(C)c1nc2ccc(-c3noc(COCc4ccc(C(F)(F)F)cc4)n3)cc2[nH]1. The number of fused-ring (bicyclic) bond motifs is 1. The minimum absolute atomic E-state index is 0.0453. The van der Waals surface area contributed by atoms with Gasteiger partial charge in [0.05, 0.1) is 23.2 Å². The number of benzene rings is 2. The molecule has 2 heterocycles. The van der Waals surface area contributed by atoms with Gasteiger partial charge in [-0.2, -0.15) is 18.2 Å². The maximum Gasteiger partial charge on any atom is 0.416 e. The first-order valence-electron chi connectivity index (χ1n) is 10.00. The summed E-state index contributed by atoms with van der Waals surface area (Å²) in [5.74, 6) is 1.46. The highest BCUT2D eigenvalue weighted by Gasteiger charge is 2.29. The third kappa shape index (κ3) is 4.75. The third-order valence-electron chi connectivity index (χ3n) is 5.08. The second-order valence-corrected chi connectivity index (χ2v) is 7.70. The molecule has 0 bridgehead atoms. The normalized spacial score (nSPS) is 12.1. The zero-order chi connectivity index (χ0) is 22.9. The molecule has 2 aromatic carbocycles. The lowest BCUT2D eigenvalue weighted by Gasteiger charge is -2.19. The third-order valence-corrected chi connectivity index (χ3v) is 5.08. The number of H-pyrrole nitrogens is 1. The number of hydrogen-bond acceptors (Lipinski definition) is 6. The van der Waals surface area contributed by atoms with Gasteiger partial charge < -0.3 is 19.1 Å². The van der Waals surface area contributed by atoms with E-state index in [1.165, 1.54) is 12.1 Å². The van der Waals surface area contributed by atoms with Gasteiger partial charge in [-0.05, 0) is 49.7 Å². The molecule has 2 aromatic heterocycles. The molecule has 32 heavy (non-hydrogen) atoms. The van der Waals surface area contributed by atoms with Crippen LogP contribution in [0.1, 0.15) is 30.9 Å². The summed E-state index contributed by atoms with van der Waals surface area (Å²) in [4.78, 5) is 14.3. The van der Waals surface area contributed by atoms with E-state index in [-0.39, 0.29) is 19.1 Å². The maximum atomic E-state index is 12.6. The number of hydrogen-bond donors (Lipinski definition) is 1. The van der Waals surface area contributed by atoms with Gasteiger partial charge in [0.2, 0.25) is 11.8 Å². The molecule has 168 valence electrons. The number of aromatic nitrogens is 4. The molecule has 0 amide bonds. The molecular weight excluding hydrogens is 423 g/mol. The van der Waals surface area contributed by atoms with E-state index >= 15 is 0 Å². The zero-order valence-electron chi connectivity index (χ0n) is 17.8. The number of nitrogens with zero attached hydrogens (tertiary/aromatic N) is 4. The van der Waals surface area contributed by atoms with Crippen LogP contribution in [0, 0.1) is 0 Å². The number of ether oxygens (including phenoxy) is 1. The van der Waals surface area contributed by atoms with Crippen molar-refractivity contribution in [1.29, 1.82) is 0 Å².